The number of piperidine rings is 1. The maximum atomic E-state index is 10.3. The van der Waals surface area contributed by atoms with E-state index in [1.807, 2.05) is 0 Å². The van der Waals surface area contributed by atoms with Crippen LogP contribution in [0.3, 0.4) is 0 Å². The standard InChI is InChI=1S/C17H25Cl2NO2/c1-11(2)7-16(20-5-3-12(10-21)4-6-20)13-8-14(18)15(19)9-17(13)22/h8-9,11-12,16,21-22H,3-7,10H2,1-2H3. The number of halogens is 2. The van der Waals surface area contributed by atoms with E-state index in [0.29, 0.717) is 21.9 Å². The summed E-state index contributed by atoms with van der Waals surface area (Å²) in [6.45, 7) is 6.50. The van der Waals surface area contributed by atoms with E-state index >= 15 is 0 Å². The lowest BCUT2D eigenvalue weighted by molar-refractivity contribution is 0.0899. The normalized spacial score (nSPS) is 18.8. The van der Waals surface area contributed by atoms with Crippen LogP contribution < -0.4 is 0 Å². The van der Waals surface area contributed by atoms with Gasteiger partial charge in [-0.05, 0) is 50.3 Å². The minimum absolute atomic E-state index is 0.134. The van der Waals surface area contributed by atoms with Gasteiger partial charge in [-0.3, -0.25) is 4.90 Å². The van der Waals surface area contributed by atoms with Crippen LogP contribution in [-0.2, 0) is 0 Å². The highest BCUT2D eigenvalue weighted by atomic mass is 35.5. The van der Waals surface area contributed by atoms with Crippen LogP contribution in [0.25, 0.3) is 0 Å². The molecule has 0 bridgehead atoms. The Morgan fingerprint density at radius 2 is 1.77 bits per heavy atom. The summed E-state index contributed by atoms with van der Waals surface area (Å²) in [7, 11) is 0. The molecule has 0 amide bonds. The molecule has 1 saturated heterocycles. The molecule has 0 saturated carbocycles. The third-order valence-corrected chi connectivity index (χ3v) is 5.19. The van der Waals surface area contributed by atoms with Crippen LogP contribution in [-0.4, -0.2) is 34.8 Å². The second-order valence-corrected chi connectivity index (χ2v) is 7.45. The molecule has 1 fully saturated rings. The molecule has 1 aliphatic heterocycles. The predicted molar refractivity (Wildman–Crippen MR) is 91.7 cm³/mol. The van der Waals surface area contributed by atoms with Crippen molar-refractivity contribution >= 4 is 23.2 Å². The van der Waals surface area contributed by atoms with Crippen LogP contribution in [0.1, 0.15) is 44.7 Å². The Bertz CT molecular complexity index is 500. The number of aliphatic hydroxyl groups excluding tert-OH is 1. The third-order valence-electron chi connectivity index (χ3n) is 4.47. The summed E-state index contributed by atoms with van der Waals surface area (Å²) in [5.41, 5.74) is 0.852. The van der Waals surface area contributed by atoms with Crippen molar-refractivity contribution < 1.29 is 10.2 Å². The fourth-order valence-corrected chi connectivity index (χ4v) is 3.52. The minimum atomic E-state index is 0.134. The highest BCUT2D eigenvalue weighted by Crippen LogP contribution is 2.39. The fraction of sp³-hybridized carbons (Fsp3) is 0.647. The van der Waals surface area contributed by atoms with Crippen molar-refractivity contribution in [2.24, 2.45) is 11.8 Å². The van der Waals surface area contributed by atoms with Gasteiger partial charge in [-0.2, -0.15) is 0 Å². The quantitative estimate of drug-likeness (QED) is 0.826. The number of likely N-dealkylation sites (tertiary alicyclic amines) is 1. The molecule has 2 N–H and O–H groups in total. The number of nitrogens with zero attached hydrogens (tertiary/aromatic N) is 1. The second-order valence-electron chi connectivity index (χ2n) is 6.63. The Hall–Kier alpha value is -0.480. The van der Waals surface area contributed by atoms with E-state index in [9.17, 15) is 10.2 Å². The van der Waals surface area contributed by atoms with E-state index in [2.05, 4.69) is 18.7 Å². The molecule has 2 rings (SSSR count). The lowest BCUT2D eigenvalue weighted by Crippen LogP contribution is -2.38. The number of phenols is 1. The Balaban J connectivity index is 2.25. The summed E-state index contributed by atoms with van der Waals surface area (Å²) < 4.78 is 0. The minimum Gasteiger partial charge on any atom is -0.508 e. The molecular weight excluding hydrogens is 321 g/mol. The molecule has 1 heterocycles. The van der Waals surface area contributed by atoms with Crippen LogP contribution in [0.4, 0.5) is 0 Å². The largest absolute Gasteiger partial charge is 0.508 e. The Labute approximate surface area is 142 Å². The first-order valence-electron chi connectivity index (χ1n) is 7.95. The molecule has 22 heavy (non-hydrogen) atoms. The first-order chi connectivity index (χ1) is 10.4. The number of phenolic OH excluding ortho intramolecular Hbond substituents is 1. The smallest absolute Gasteiger partial charge is 0.121 e. The maximum Gasteiger partial charge on any atom is 0.121 e. The zero-order valence-electron chi connectivity index (χ0n) is 13.2. The third kappa shape index (κ3) is 4.29. The van der Waals surface area contributed by atoms with E-state index in [0.717, 1.165) is 37.9 Å². The van der Waals surface area contributed by atoms with Crippen molar-refractivity contribution in [3.05, 3.63) is 27.7 Å². The molecule has 5 heteroatoms. The Morgan fingerprint density at radius 1 is 1.18 bits per heavy atom. The predicted octanol–water partition coefficient (Wildman–Crippen LogP) is 4.49. The summed E-state index contributed by atoms with van der Waals surface area (Å²) in [4.78, 5) is 2.39. The van der Waals surface area contributed by atoms with Gasteiger partial charge in [0.2, 0.25) is 0 Å². The van der Waals surface area contributed by atoms with Crippen LogP contribution in [0.2, 0.25) is 10.0 Å². The van der Waals surface area contributed by atoms with Crippen LogP contribution in [0, 0.1) is 11.8 Å². The summed E-state index contributed by atoms with van der Waals surface area (Å²) in [5, 5.41) is 20.5. The van der Waals surface area contributed by atoms with Crippen molar-refractivity contribution in [2.45, 2.75) is 39.2 Å². The topological polar surface area (TPSA) is 43.7 Å². The fourth-order valence-electron chi connectivity index (χ4n) is 3.19. The number of aromatic hydroxyl groups is 1. The summed E-state index contributed by atoms with van der Waals surface area (Å²) in [5.74, 6) is 1.12. The highest BCUT2D eigenvalue weighted by Gasteiger charge is 2.28. The van der Waals surface area contributed by atoms with Gasteiger partial charge in [0.15, 0.2) is 0 Å². The monoisotopic (exact) mass is 345 g/mol. The van der Waals surface area contributed by atoms with Gasteiger partial charge in [0.1, 0.15) is 5.75 Å². The Morgan fingerprint density at radius 3 is 2.32 bits per heavy atom. The molecule has 0 radical (unpaired) electrons. The van der Waals surface area contributed by atoms with Crippen LogP contribution in [0.5, 0.6) is 5.75 Å². The summed E-state index contributed by atoms with van der Waals surface area (Å²) in [6, 6.07) is 3.46. The van der Waals surface area contributed by atoms with Gasteiger partial charge in [-0.25, -0.2) is 0 Å². The van der Waals surface area contributed by atoms with E-state index in [-0.39, 0.29) is 18.4 Å². The molecule has 1 aliphatic rings. The average molecular weight is 346 g/mol. The van der Waals surface area contributed by atoms with E-state index in [4.69, 9.17) is 23.2 Å². The SMILES string of the molecule is CC(C)CC(c1cc(Cl)c(Cl)cc1O)N1CCC(CO)CC1. The van der Waals surface area contributed by atoms with Gasteiger partial charge in [0, 0.05) is 24.3 Å². The van der Waals surface area contributed by atoms with E-state index in [1.165, 1.54) is 6.07 Å². The van der Waals surface area contributed by atoms with Gasteiger partial charge in [-0.1, -0.05) is 37.0 Å². The van der Waals surface area contributed by atoms with Crippen molar-refractivity contribution in [1.82, 2.24) is 4.90 Å². The second kappa shape index (κ2) is 7.87. The summed E-state index contributed by atoms with van der Waals surface area (Å²) in [6.07, 6.45) is 2.94. The molecule has 1 unspecified atom stereocenters. The average Bonchev–Trinajstić information content (AvgIpc) is 2.49. The van der Waals surface area contributed by atoms with Crippen molar-refractivity contribution in [1.29, 1.82) is 0 Å². The van der Waals surface area contributed by atoms with Crippen molar-refractivity contribution in [2.75, 3.05) is 19.7 Å². The molecule has 1 atom stereocenters. The number of benzene rings is 1. The summed E-state index contributed by atoms with van der Waals surface area (Å²) >= 11 is 12.1. The molecule has 1 aromatic rings. The van der Waals surface area contributed by atoms with Crippen molar-refractivity contribution in [3.8, 4) is 5.75 Å². The first-order valence-corrected chi connectivity index (χ1v) is 8.70. The van der Waals surface area contributed by atoms with Crippen LogP contribution >= 0.6 is 23.2 Å². The van der Waals surface area contributed by atoms with Gasteiger partial charge in [0.05, 0.1) is 10.0 Å². The maximum absolute atomic E-state index is 10.3. The zero-order chi connectivity index (χ0) is 16.3. The first kappa shape index (κ1) is 17.9. The zero-order valence-corrected chi connectivity index (χ0v) is 14.7. The molecule has 1 aromatic carbocycles. The lowest BCUT2D eigenvalue weighted by Gasteiger charge is -2.38. The molecular formula is C17H25Cl2NO2. The van der Waals surface area contributed by atoms with Gasteiger partial charge >= 0.3 is 0 Å². The molecule has 0 spiro atoms. The highest BCUT2D eigenvalue weighted by molar-refractivity contribution is 6.42. The van der Waals surface area contributed by atoms with Crippen LogP contribution in [0.15, 0.2) is 12.1 Å². The van der Waals surface area contributed by atoms with Crippen molar-refractivity contribution in [3.63, 3.8) is 0 Å². The van der Waals surface area contributed by atoms with Gasteiger partial charge in [0.25, 0.3) is 0 Å². The Kier molecular flexibility index (Phi) is 6.39. The number of rotatable bonds is 5. The number of aliphatic hydroxyl groups is 1. The molecule has 0 aliphatic carbocycles. The van der Waals surface area contributed by atoms with E-state index < -0.39 is 0 Å². The van der Waals surface area contributed by atoms with E-state index in [1.54, 1.807) is 6.07 Å². The van der Waals surface area contributed by atoms with Gasteiger partial charge in [-0.15, -0.1) is 0 Å². The molecule has 0 aromatic heterocycles. The van der Waals surface area contributed by atoms with Gasteiger partial charge < -0.3 is 10.2 Å². The molecule has 124 valence electrons. The number of hydrogen-bond donors (Lipinski definition) is 2. The lowest BCUT2D eigenvalue weighted by atomic mass is 9.90. The number of hydrogen-bond acceptors (Lipinski definition) is 3. The molecule has 3 nitrogen and oxygen atoms in total.